The largest absolute Gasteiger partial charge is 0.377 e. The molecular weight excluding hydrogens is 183 g/mol. The predicted molar refractivity (Wildman–Crippen MR) is 51.3 cm³/mol. The molecule has 1 atom stereocenters. The van der Waals surface area contributed by atoms with Crippen molar-refractivity contribution in [2.45, 2.75) is 25.9 Å². The summed E-state index contributed by atoms with van der Waals surface area (Å²) in [4.78, 5) is 11.4. The van der Waals surface area contributed by atoms with Gasteiger partial charge in [-0.05, 0) is 13.0 Å². The number of carbonyl (C=O) groups excluding carboxylic acids is 1. The summed E-state index contributed by atoms with van der Waals surface area (Å²) in [5.41, 5.74) is -1.69. The van der Waals surface area contributed by atoms with Gasteiger partial charge in [0.25, 0.3) is 0 Å². The molecule has 3 heteroatoms. The van der Waals surface area contributed by atoms with Crippen LogP contribution in [-0.4, -0.2) is 10.9 Å². The van der Waals surface area contributed by atoms with Crippen molar-refractivity contribution in [3.8, 4) is 0 Å². The second-order valence-corrected chi connectivity index (χ2v) is 3.33. The fraction of sp³-hybridized carbons (Fsp3) is 0.364. The summed E-state index contributed by atoms with van der Waals surface area (Å²) in [6, 6.07) is 5.76. The summed E-state index contributed by atoms with van der Waals surface area (Å²) < 4.78 is 13.3. The molecule has 76 valence electrons. The molecule has 0 bridgehead atoms. The molecule has 0 aliphatic heterocycles. The average Bonchev–Trinajstić information content (AvgIpc) is 2.17. The zero-order chi connectivity index (χ0) is 10.8. The zero-order valence-corrected chi connectivity index (χ0v) is 8.25. The molecule has 1 aromatic rings. The Morgan fingerprint density at radius 1 is 1.50 bits per heavy atom. The number of hydrogen-bond acceptors (Lipinski definition) is 2. The van der Waals surface area contributed by atoms with E-state index in [-0.39, 0.29) is 17.8 Å². The van der Waals surface area contributed by atoms with E-state index >= 15 is 0 Å². The van der Waals surface area contributed by atoms with Gasteiger partial charge in [0.15, 0.2) is 5.78 Å². The lowest BCUT2D eigenvalue weighted by Crippen LogP contribution is -2.32. The Kier molecular flexibility index (Phi) is 3.01. The molecule has 0 saturated heterocycles. The minimum Gasteiger partial charge on any atom is -0.377 e. The van der Waals surface area contributed by atoms with E-state index in [4.69, 9.17) is 0 Å². The Balaban J connectivity index is 3.16. The van der Waals surface area contributed by atoms with Crippen LogP contribution in [0.15, 0.2) is 24.3 Å². The first-order valence-electron chi connectivity index (χ1n) is 4.50. The van der Waals surface area contributed by atoms with Crippen molar-refractivity contribution in [2.75, 3.05) is 0 Å². The van der Waals surface area contributed by atoms with E-state index in [2.05, 4.69) is 0 Å². The molecule has 0 amide bonds. The van der Waals surface area contributed by atoms with Gasteiger partial charge in [0, 0.05) is 12.0 Å². The Morgan fingerprint density at radius 2 is 2.07 bits per heavy atom. The van der Waals surface area contributed by atoms with Gasteiger partial charge in [-0.3, -0.25) is 4.79 Å². The highest BCUT2D eigenvalue weighted by atomic mass is 19.1. The van der Waals surface area contributed by atoms with Crippen molar-refractivity contribution in [3.63, 3.8) is 0 Å². The molecule has 2 nitrogen and oxygen atoms in total. The molecule has 0 spiro atoms. The quantitative estimate of drug-likeness (QED) is 0.802. The van der Waals surface area contributed by atoms with Gasteiger partial charge in [-0.15, -0.1) is 0 Å². The highest BCUT2D eigenvalue weighted by Gasteiger charge is 2.32. The van der Waals surface area contributed by atoms with Crippen LogP contribution in [0, 0.1) is 5.82 Å². The van der Waals surface area contributed by atoms with Crippen LogP contribution in [0.5, 0.6) is 0 Å². The first-order valence-corrected chi connectivity index (χ1v) is 4.50. The summed E-state index contributed by atoms with van der Waals surface area (Å²) in [5.74, 6) is -0.943. The molecule has 1 N–H and O–H groups in total. The molecule has 0 radical (unpaired) electrons. The van der Waals surface area contributed by atoms with E-state index in [0.717, 1.165) is 0 Å². The molecular formula is C11H13FO2. The number of ketones is 1. The van der Waals surface area contributed by atoms with Crippen LogP contribution in [0.4, 0.5) is 4.39 Å². The first kappa shape index (κ1) is 10.9. The maximum atomic E-state index is 13.3. The van der Waals surface area contributed by atoms with Crippen LogP contribution in [0.3, 0.4) is 0 Å². The number of carbonyl (C=O) groups is 1. The van der Waals surface area contributed by atoms with Gasteiger partial charge in [-0.25, -0.2) is 4.39 Å². The van der Waals surface area contributed by atoms with Crippen molar-refractivity contribution in [2.24, 2.45) is 0 Å². The van der Waals surface area contributed by atoms with Crippen LogP contribution >= 0.6 is 0 Å². The van der Waals surface area contributed by atoms with Gasteiger partial charge >= 0.3 is 0 Å². The van der Waals surface area contributed by atoms with E-state index in [9.17, 15) is 14.3 Å². The molecule has 1 rings (SSSR count). The smallest absolute Gasteiger partial charge is 0.168 e. The van der Waals surface area contributed by atoms with E-state index in [1.54, 1.807) is 13.0 Å². The minimum atomic E-state index is -1.72. The van der Waals surface area contributed by atoms with Crippen molar-refractivity contribution in [1.29, 1.82) is 0 Å². The van der Waals surface area contributed by atoms with Crippen LogP contribution in [-0.2, 0) is 10.4 Å². The maximum Gasteiger partial charge on any atom is 0.168 e. The van der Waals surface area contributed by atoms with E-state index in [1.165, 1.54) is 25.1 Å². The average molecular weight is 196 g/mol. The fourth-order valence-corrected chi connectivity index (χ4v) is 1.35. The topological polar surface area (TPSA) is 37.3 Å². The first-order chi connectivity index (χ1) is 6.50. The molecule has 0 aliphatic rings. The Hall–Kier alpha value is -1.22. The molecule has 14 heavy (non-hydrogen) atoms. The molecule has 0 aliphatic carbocycles. The highest BCUT2D eigenvalue weighted by Crippen LogP contribution is 2.25. The van der Waals surface area contributed by atoms with Gasteiger partial charge in [0.2, 0.25) is 0 Å². The van der Waals surface area contributed by atoms with E-state index in [1.807, 2.05) is 0 Å². The third-order valence-electron chi connectivity index (χ3n) is 2.26. The van der Waals surface area contributed by atoms with Gasteiger partial charge in [-0.1, -0.05) is 25.1 Å². The predicted octanol–water partition coefficient (Wildman–Crippen LogP) is 2.01. The molecule has 0 heterocycles. The number of rotatable bonds is 3. The second kappa shape index (κ2) is 3.88. The lowest BCUT2D eigenvalue weighted by atomic mass is 9.90. The number of hydrogen-bond donors (Lipinski definition) is 1. The monoisotopic (exact) mass is 196 g/mol. The van der Waals surface area contributed by atoms with Crippen LogP contribution in [0.25, 0.3) is 0 Å². The summed E-state index contributed by atoms with van der Waals surface area (Å²) in [7, 11) is 0. The van der Waals surface area contributed by atoms with Crippen molar-refractivity contribution in [1.82, 2.24) is 0 Å². The molecule has 0 unspecified atom stereocenters. The Labute approximate surface area is 82.4 Å². The maximum absolute atomic E-state index is 13.3. The molecule has 0 fully saturated rings. The lowest BCUT2D eigenvalue weighted by Gasteiger charge is -2.21. The van der Waals surface area contributed by atoms with E-state index < -0.39 is 11.4 Å². The van der Waals surface area contributed by atoms with Crippen LogP contribution in [0.1, 0.15) is 25.8 Å². The van der Waals surface area contributed by atoms with Gasteiger partial charge in [0.05, 0.1) is 0 Å². The number of benzene rings is 1. The van der Waals surface area contributed by atoms with Gasteiger partial charge < -0.3 is 5.11 Å². The SMILES string of the molecule is CCC(=O)[C@@](C)(O)c1ccccc1F. The Morgan fingerprint density at radius 3 is 2.57 bits per heavy atom. The number of Topliss-reactive ketones (excluding diaryl/α,β-unsaturated/α-hetero) is 1. The van der Waals surface area contributed by atoms with Crippen molar-refractivity contribution >= 4 is 5.78 Å². The molecule has 1 aromatic carbocycles. The third kappa shape index (κ3) is 1.82. The number of aliphatic hydroxyl groups is 1. The number of halogens is 1. The normalized spacial score (nSPS) is 14.9. The molecule has 0 saturated carbocycles. The van der Waals surface area contributed by atoms with Crippen molar-refractivity contribution < 1.29 is 14.3 Å². The zero-order valence-electron chi connectivity index (χ0n) is 8.25. The van der Waals surface area contributed by atoms with Gasteiger partial charge in [0.1, 0.15) is 11.4 Å². The summed E-state index contributed by atoms with van der Waals surface area (Å²) in [6.45, 7) is 2.95. The lowest BCUT2D eigenvalue weighted by molar-refractivity contribution is -0.136. The minimum absolute atomic E-state index is 0.0341. The van der Waals surface area contributed by atoms with Crippen LogP contribution in [0.2, 0.25) is 0 Å². The molecule has 0 aromatic heterocycles. The summed E-state index contributed by atoms with van der Waals surface area (Å²) in [5, 5.41) is 9.85. The highest BCUT2D eigenvalue weighted by molar-refractivity contribution is 5.87. The summed E-state index contributed by atoms with van der Waals surface area (Å²) >= 11 is 0. The standard InChI is InChI=1S/C11H13FO2/c1-3-10(13)11(2,14)8-6-4-5-7-9(8)12/h4-7,14H,3H2,1-2H3/t11-/m0/s1. The fourth-order valence-electron chi connectivity index (χ4n) is 1.35. The Bertz CT molecular complexity index is 345. The van der Waals surface area contributed by atoms with Gasteiger partial charge in [-0.2, -0.15) is 0 Å². The third-order valence-corrected chi connectivity index (χ3v) is 2.26. The second-order valence-electron chi connectivity index (χ2n) is 3.33. The van der Waals surface area contributed by atoms with Crippen LogP contribution < -0.4 is 0 Å². The van der Waals surface area contributed by atoms with E-state index in [0.29, 0.717) is 0 Å². The van der Waals surface area contributed by atoms with Crippen molar-refractivity contribution in [3.05, 3.63) is 35.6 Å². The summed E-state index contributed by atoms with van der Waals surface area (Å²) in [6.07, 6.45) is 0.182.